The maximum atomic E-state index is 13.7. The Morgan fingerprint density at radius 3 is 2.31 bits per heavy atom. The molecule has 0 saturated heterocycles. The van der Waals surface area contributed by atoms with Crippen LogP contribution in [-0.4, -0.2) is 24.3 Å². The van der Waals surface area contributed by atoms with Gasteiger partial charge < -0.3 is 18.7 Å². The zero-order valence-corrected chi connectivity index (χ0v) is 23.3. The van der Waals surface area contributed by atoms with Crippen LogP contribution in [0.15, 0.2) is 119 Å². The Morgan fingerprint density at radius 2 is 1.56 bits per heavy atom. The Kier molecular flexibility index (Phi) is 7.15. The van der Waals surface area contributed by atoms with Gasteiger partial charge in [-0.15, -0.1) is 0 Å². The Hall–Kier alpha value is -3.61. The molecule has 0 N–H and O–H groups in total. The lowest BCUT2D eigenvalue weighted by atomic mass is 9.94. The molecule has 4 aromatic rings. The highest BCUT2D eigenvalue weighted by Gasteiger charge is 2.44. The summed E-state index contributed by atoms with van der Waals surface area (Å²) in [6.07, 6.45) is 2.10. The third-order valence-corrected chi connectivity index (χ3v) is 9.71. The monoisotopic (exact) mass is 554 g/mol. The summed E-state index contributed by atoms with van der Waals surface area (Å²) in [5.74, 6) is 0.744. The molecule has 6 nitrogen and oxygen atoms in total. The molecule has 6 rings (SSSR count). The number of benzene rings is 4. The number of ether oxygens (including phenoxy) is 1. The summed E-state index contributed by atoms with van der Waals surface area (Å²) in [6, 6.07) is 32.1. The highest BCUT2D eigenvalue weighted by molar-refractivity contribution is 8.16. The van der Waals surface area contributed by atoms with Crippen molar-refractivity contribution in [2.45, 2.75) is 12.6 Å². The van der Waals surface area contributed by atoms with Gasteiger partial charge in [-0.2, -0.15) is 0 Å². The largest absolute Gasteiger partial charge is 0.489 e. The molecule has 2 aliphatic heterocycles. The first-order valence-corrected chi connectivity index (χ1v) is 15.0. The van der Waals surface area contributed by atoms with Crippen LogP contribution in [0.3, 0.4) is 0 Å². The van der Waals surface area contributed by atoms with Crippen molar-refractivity contribution in [3.8, 4) is 5.75 Å². The summed E-state index contributed by atoms with van der Waals surface area (Å²) < 4.78 is 31.1. The lowest BCUT2D eigenvalue weighted by molar-refractivity contribution is 0.270. The van der Waals surface area contributed by atoms with Crippen LogP contribution in [-0.2, 0) is 20.2 Å². The predicted octanol–water partition coefficient (Wildman–Crippen LogP) is 8.20. The number of fused-ring (bicyclic) bond motifs is 2. The van der Waals surface area contributed by atoms with Gasteiger partial charge in [0.2, 0.25) is 0 Å². The molecule has 1 atom stereocenters. The number of nitrogens with zero attached hydrogens (tertiary/aromatic N) is 2. The van der Waals surface area contributed by atoms with Crippen LogP contribution in [0.4, 0.5) is 0 Å². The van der Waals surface area contributed by atoms with Gasteiger partial charge in [-0.3, -0.25) is 4.57 Å². The van der Waals surface area contributed by atoms with Crippen LogP contribution in [0.5, 0.6) is 5.75 Å². The van der Waals surface area contributed by atoms with Crippen molar-refractivity contribution < 1.29 is 18.3 Å². The van der Waals surface area contributed by atoms with Gasteiger partial charge in [-0.1, -0.05) is 103 Å². The molecule has 0 amide bonds. The average Bonchev–Trinajstić information content (AvgIpc) is 3.45. The molecule has 0 saturated carbocycles. The second kappa shape index (κ2) is 10.9. The normalized spacial score (nSPS) is 16.9. The molecule has 0 spiro atoms. The van der Waals surface area contributed by atoms with Crippen molar-refractivity contribution in [3.63, 3.8) is 0 Å². The highest BCUT2D eigenvalue weighted by atomic mass is 32.2. The van der Waals surface area contributed by atoms with Gasteiger partial charge in [-0.05, 0) is 34.0 Å². The maximum Gasteiger partial charge on any atom is 0.377 e. The molecule has 8 heteroatoms. The first kappa shape index (κ1) is 25.7. The van der Waals surface area contributed by atoms with Crippen LogP contribution in [0.1, 0.15) is 22.7 Å². The number of thioether (sulfide) groups is 1. The minimum atomic E-state index is -3.59. The van der Waals surface area contributed by atoms with E-state index < -0.39 is 7.60 Å². The number of rotatable bonds is 8. The van der Waals surface area contributed by atoms with E-state index in [1.807, 2.05) is 89.2 Å². The Balaban J connectivity index is 1.54. The molecule has 0 bridgehead atoms. The van der Waals surface area contributed by atoms with Gasteiger partial charge in [0, 0.05) is 25.2 Å². The average molecular weight is 555 g/mol. The smallest absolute Gasteiger partial charge is 0.377 e. The van der Waals surface area contributed by atoms with Crippen molar-refractivity contribution >= 4 is 41.0 Å². The molecule has 2 aliphatic rings. The third kappa shape index (κ3) is 4.83. The number of hydrogen-bond acceptors (Lipinski definition) is 7. The zero-order chi connectivity index (χ0) is 26.8. The summed E-state index contributed by atoms with van der Waals surface area (Å²) in [6.45, 7) is 0.418. The van der Waals surface area contributed by atoms with E-state index in [0.29, 0.717) is 17.2 Å². The molecule has 0 radical (unpaired) electrons. The quantitative estimate of drug-likeness (QED) is 0.205. The fourth-order valence-corrected chi connectivity index (χ4v) is 7.45. The molecule has 1 unspecified atom stereocenters. The van der Waals surface area contributed by atoms with Crippen molar-refractivity contribution in [3.05, 3.63) is 131 Å². The SMILES string of the molecule is COP(=O)(OC)C1=CSC2=NC(c3ccccc3)=CC(c3c(OCc4ccccc4)ccc4ccccc34)N12. The lowest BCUT2D eigenvalue weighted by Crippen LogP contribution is -2.31. The fraction of sp³-hybridized carbons (Fsp3) is 0.129. The van der Waals surface area contributed by atoms with E-state index in [2.05, 4.69) is 24.3 Å². The van der Waals surface area contributed by atoms with E-state index >= 15 is 0 Å². The molecule has 0 aliphatic carbocycles. The van der Waals surface area contributed by atoms with Crippen molar-refractivity contribution in [1.29, 1.82) is 0 Å². The summed E-state index contributed by atoms with van der Waals surface area (Å²) in [7, 11) is -0.783. The molecular weight excluding hydrogens is 527 g/mol. The van der Waals surface area contributed by atoms with E-state index in [1.54, 1.807) is 0 Å². The summed E-state index contributed by atoms with van der Waals surface area (Å²) in [4.78, 5) is 6.93. The highest BCUT2D eigenvalue weighted by Crippen LogP contribution is 2.62. The Bertz CT molecular complexity index is 1650. The first-order chi connectivity index (χ1) is 19.1. The topological polar surface area (TPSA) is 60.4 Å². The lowest BCUT2D eigenvalue weighted by Gasteiger charge is -2.36. The van der Waals surface area contributed by atoms with Gasteiger partial charge in [0.25, 0.3) is 0 Å². The van der Waals surface area contributed by atoms with Gasteiger partial charge in [-0.25, -0.2) is 4.99 Å². The van der Waals surface area contributed by atoms with Crippen LogP contribution < -0.4 is 4.74 Å². The number of amidine groups is 1. The molecular formula is C31H27N2O4PS. The molecule has 196 valence electrons. The van der Waals surface area contributed by atoms with E-state index in [4.69, 9.17) is 18.8 Å². The second-order valence-corrected chi connectivity index (χ2v) is 12.1. The van der Waals surface area contributed by atoms with Crippen molar-refractivity contribution in [2.24, 2.45) is 4.99 Å². The minimum Gasteiger partial charge on any atom is -0.489 e. The molecule has 0 fully saturated rings. The van der Waals surface area contributed by atoms with Crippen molar-refractivity contribution in [2.75, 3.05) is 14.2 Å². The van der Waals surface area contributed by atoms with Crippen LogP contribution in [0.2, 0.25) is 0 Å². The third-order valence-electron chi connectivity index (χ3n) is 6.83. The van der Waals surface area contributed by atoms with Gasteiger partial charge in [0.1, 0.15) is 17.8 Å². The first-order valence-electron chi connectivity index (χ1n) is 12.5. The standard InChI is InChI=1S/C31H27N2O4PS/c1-35-38(34,36-2)29-21-39-31-32-26(24-14-7-4-8-15-24)19-27(33(29)31)30-25-16-10-9-13-23(25)17-18-28(30)37-20-22-11-5-3-6-12-22/h3-19,21,27H,20H2,1-2H3. The van der Waals surface area contributed by atoms with E-state index in [1.165, 1.54) is 26.0 Å². The molecule has 2 heterocycles. The zero-order valence-electron chi connectivity index (χ0n) is 21.6. The minimum absolute atomic E-state index is 0.385. The van der Waals surface area contributed by atoms with E-state index in [-0.39, 0.29) is 6.04 Å². The van der Waals surface area contributed by atoms with Gasteiger partial charge in [0.05, 0.1) is 11.7 Å². The fourth-order valence-electron chi connectivity index (χ4n) is 4.91. The molecule has 0 aromatic heterocycles. The van der Waals surface area contributed by atoms with Crippen molar-refractivity contribution in [1.82, 2.24) is 4.90 Å². The van der Waals surface area contributed by atoms with Crippen LogP contribution in [0.25, 0.3) is 16.5 Å². The summed E-state index contributed by atoms with van der Waals surface area (Å²) in [5, 5.41) is 4.64. The summed E-state index contributed by atoms with van der Waals surface area (Å²) >= 11 is 1.41. The van der Waals surface area contributed by atoms with Crippen LogP contribution in [0, 0.1) is 0 Å². The predicted molar refractivity (Wildman–Crippen MR) is 158 cm³/mol. The number of aliphatic imine (C=N–C) groups is 1. The van der Waals surface area contributed by atoms with E-state index in [9.17, 15) is 4.57 Å². The van der Waals surface area contributed by atoms with Gasteiger partial charge >= 0.3 is 7.60 Å². The number of hydrogen-bond donors (Lipinski definition) is 0. The Labute approximate surface area is 232 Å². The van der Waals surface area contributed by atoms with E-state index in [0.717, 1.165) is 38.9 Å². The molecule has 39 heavy (non-hydrogen) atoms. The molecule has 4 aromatic carbocycles. The van der Waals surface area contributed by atoms with Crippen LogP contribution >= 0.6 is 19.4 Å². The Morgan fingerprint density at radius 1 is 0.872 bits per heavy atom. The second-order valence-electron chi connectivity index (χ2n) is 9.06. The van der Waals surface area contributed by atoms with Gasteiger partial charge in [0.15, 0.2) is 5.17 Å². The summed E-state index contributed by atoms with van der Waals surface area (Å²) in [5.41, 5.74) is 4.31. The maximum absolute atomic E-state index is 13.7.